The van der Waals surface area contributed by atoms with Crippen molar-refractivity contribution in [2.45, 2.75) is 6.61 Å². The van der Waals surface area contributed by atoms with E-state index in [4.69, 9.17) is 20.9 Å². The number of hydrogen-bond acceptors (Lipinski definition) is 4. The van der Waals surface area contributed by atoms with Gasteiger partial charge in [0.1, 0.15) is 6.61 Å². The zero-order valence-corrected chi connectivity index (χ0v) is 7.30. The minimum absolute atomic E-state index is 0.0844. The summed E-state index contributed by atoms with van der Waals surface area (Å²) in [5, 5.41) is 3.52. The summed E-state index contributed by atoms with van der Waals surface area (Å²) in [6.45, 7) is 0.308. The van der Waals surface area contributed by atoms with Gasteiger partial charge in [0.2, 0.25) is 0 Å². The lowest BCUT2D eigenvalue weighted by atomic mass is 10.3. The quantitative estimate of drug-likeness (QED) is 0.528. The summed E-state index contributed by atoms with van der Waals surface area (Å²) in [5.74, 6) is 0.188. The van der Waals surface area contributed by atoms with Crippen LogP contribution in [0.3, 0.4) is 0 Å². The van der Waals surface area contributed by atoms with Crippen LogP contribution in [-0.4, -0.2) is 23.9 Å². The Morgan fingerprint density at radius 2 is 2.58 bits per heavy atom. The number of hydrogen-bond donors (Lipinski definition) is 0. The molecule has 0 radical (unpaired) electrons. The average molecular weight is 190 g/mol. The number of Topliss-reactive ketones (excluding diaryl/α,β-unsaturated/α-hetero) is 1. The first-order valence-corrected chi connectivity index (χ1v) is 3.85. The van der Waals surface area contributed by atoms with Crippen molar-refractivity contribution < 1.29 is 14.1 Å². The van der Waals surface area contributed by atoms with E-state index in [9.17, 15) is 4.79 Å². The lowest BCUT2D eigenvalue weighted by molar-refractivity contribution is 0.101. The fourth-order valence-electron chi connectivity index (χ4n) is 0.723. The number of methoxy groups -OCH3 is 1. The summed E-state index contributed by atoms with van der Waals surface area (Å²) in [4.78, 5) is 10.9. The minimum Gasteiger partial charge on any atom is -0.377 e. The van der Waals surface area contributed by atoms with Gasteiger partial charge >= 0.3 is 0 Å². The number of ketones is 1. The third-order valence-corrected chi connectivity index (χ3v) is 1.50. The van der Waals surface area contributed by atoms with E-state index in [1.54, 1.807) is 0 Å². The van der Waals surface area contributed by atoms with E-state index in [0.717, 1.165) is 0 Å². The Bertz CT molecular complexity index is 271. The van der Waals surface area contributed by atoms with Gasteiger partial charge in [-0.3, -0.25) is 4.79 Å². The molecule has 0 amide bonds. The van der Waals surface area contributed by atoms with Gasteiger partial charge in [0.25, 0.3) is 0 Å². The van der Waals surface area contributed by atoms with Gasteiger partial charge in [-0.1, -0.05) is 5.16 Å². The van der Waals surface area contributed by atoms with E-state index >= 15 is 0 Å². The zero-order valence-electron chi connectivity index (χ0n) is 6.54. The van der Waals surface area contributed by atoms with Gasteiger partial charge in [0, 0.05) is 13.2 Å². The lowest BCUT2D eigenvalue weighted by Crippen LogP contribution is -1.99. The highest BCUT2D eigenvalue weighted by Crippen LogP contribution is 2.05. The van der Waals surface area contributed by atoms with Crippen LogP contribution in [0.25, 0.3) is 0 Å². The predicted molar refractivity (Wildman–Crippen MR) is 42.3 cm³/mol. The van der Waals surface area contributed by atoms with Crippen molar-refractivity contribution in [2.24, 2.45) is 0 Å². The molecule has 0 spiro atoms. The van der Waals surface area contributed by atoms with Crippen molar-refractivity contribution in [3.8, 4) is 0 Å². The van der Waals surface area contributed by atoms with Gasteiger partial charge in [-0.15, -0.1) is 11.6 Å². The fraction of sp³-hybridized carbons (Fsp3) is 0.429. The van der Waals surface area contributed by atoms with Gasteiger partial charge in [-0.25, -0.2) is 0 Å². The third kappa shape index (κ3) is 2.06. The van der Waals surface area contributed by atoms with E-state index in [1.165, 1.54) is 13.2 Å². The number of ether oxygens (including phenoxy) is 1. The Morgan fingerprint density at radius 3 is 3.17 bits per heavy atom. The molecular formula is C7H8ClNO3. The molecule has 4 nitrogen and oxygen atoms in total. The molecule has 66 valence electrons. The maximum absolute atomic E-state index is 10.9. The van der Waals surface area contributed by atoms with Crippen LogP contribution in [0.5, 0.6) is 0 Å². The highest BCUT2D eigenvalue weighted by molar-refractivity contribution is 6.30. The van der Waals surface area contributed by atoms with Crippen LogP contribution in [0.15, 0.2) is 10.6 Å². The third-order valence-electron chi connectivity index (χ3n) is 1.25. The van der Waals surface area contributed by atoms with Gasteiger partial charge in [0.05, 0.1) is 5.88 Å². The Morgan fingerprint density at radius 1 is 1.83 bits per heavy atom. The molecule has 0 aliphatic rings. The second kappa shape index (κ2) is 4.23. The zero-order chi connectivity index (χ0) is 8.97. The molecule has 0 fully saturated rings. The first-order chi connectivity index (χ1) is 5.77. The summed E-state index contributed by atoms with van der Waals surface area (Å²) in [6.07, 6.45) is 0. The molecule has 1 aromatic rings. The van der Waals surface area contributed by atoms with E-state index in [2.05, 4.69) is 5.16 Å². The van der Waals surface area contributed by atoms with E-state index in [-0.39, 0.29) is 17.4 Å². The van der Waals surface area contributed by atoms with Crippen LogP contribution in [-0.2, 0) is 11.3 Å². The van der Waals surface area contributed by atoms with Crippen molar-refractivity contribution >= 4 is 17.4 Å². The molecule has 1 rings (SSSR count). The molecule has 0 bridgehead atoms. The standard InChI is InChI=1S/C7H8ClNO3/c1-11-4-5-2-6(9-12-5)7(10)3-8/h2H,3-4H2,1H3. The summed E-state index contributed by atoms with van der Waals surface area (Å²) in [7, 11) is 1.53. The number of aromatic nitrogens is 1. The summed E-state index contributed by atoms with van der Waals surface area (Å²) >= 11 is 5.31. The Hall–Kier alpha value is -0.870. The first-order valence-electron chi connectivity index (χ1n) is 3.31. The van der Waals surface area contributed by atoms with E-state index in [1.807, 2.05) is 0 Å². The summed E-state index contributed by atoms with van der Waals surface area (Å²) in [5.41, 5.74) is 0.247. The van der Waals surface area contributed by atoms with Crippen molar-refractivity contribution in [3.05, 3.63) is 17.5 Å². The summed E-state index contributed by atoms with van der Waals surface area (Å²) < 4.78 is 9.55. The van der Waals surface area contributed by atoms with Gasteiger partial charge in [-0.2, -0.15) is 0 Å². The van der Waals surface area contributed by atoms with Crippen LogP contribution in [0.1, 0.15) is 16.2 Å². The highest BCUT2D eigenvalue weighted by Gasteiger charge is 2.10. The number of carbonyl (C=O) groups is 1. The second-order valence-corrected chi connectivity index (χ2v) is 2.44. The Balaban J connectivity index is 2.70. The molecule has 0 saturated carbocycles. The van der Waals surface area contributed by atoms with Crippen molar-refractivity contribution in [2.75, 3.05) is 13.0 Å². The minimum atomic E-state index is -0.247. The smallest absolute Gasteiger partial charge is 0.199 e. The lowest BCUT2D eigenvalue weighted by Gasteiger charge is -1.87. The van der Waals surface area contributed by atoms with Crippen molar-refractivity contribution in [1.29, 1.82) is 0 Å². The molecular weight excluding hydrogens is 182 g/mol. The van der Waals surface area contributed by atoms with E-state index in [0.29, 0.717) is 12.4 Å². The monoisotopic (exact) mass is 189 g/mol. The topological polar surface area (TPSA) is 52.3 Å². The second-order valence-electron chi connectivity index (χ2n) is 2.17. The Kier molecular flexibility index (Phi) is 3.25. The largest absolute Gasteiger partial charge is 0.377 e. The number of nitrogens with zero attached hydrogens (tertiary/aromatic N) is 1. The maximum Gasteiger partial charge on any atom is 0.199 e. The van der Waals surface area contributed by atoms with Crippen LogP contribution >= 0.6 is 11.6 Å². The summed E-state index contributed by atoms with van der Waals surface area (Å²) in [6, 6.07) is 1.52. The van der Waals surface area contributed by atoms with E-state index < -0.39 is 0 Å². The van der Waals surface area contributed by atoms with Crippen LogP contribution in [0, 0.1) is 0 Å². The molecule has 0 aromatic carbocycles. The maximum atomic E-state index is 10.9. The number of alkyl halides is 1. The molecule has 1 heterocycles. The number of carbonyl (C=O) groups excluding carboxylic acids is 1. The SMILES string of the molecule is COCc1cc(C(=O)CCl)no1. The molecule has 1 aromatic heterocycles. The molecule has 5 heteroatoms. The molecule has 0 atom stereocenters. The molecule has 0 aliphatic carbocycles. The van der Waals surface area contributed by atoms with Crippen LogP contribution < -0.4 is 0 Å². The fourth-order valence-corrected chi connectivity index (χ4v) is 0.860. The Labute approximate surface area is 74.4 Å². The van der Waals surface area contributed by atoms with Crippen LogP contribution in [0.2, 0.25) is 0 Å². The van der Waals surface area contributed by atoms with Gasteiger partial charge in [0.15, 0.2) is 17.2 Å². The molecule has 12 heavy (non-hydrogen) atoms. The first kappa shape index (κ1) is 9.22. The van der Waals surface area contributed by atoms with Gasteiger partial charge < -0.3 is 9.26 Å². The number of halogens is 1. The highest BCUT2D eigenvalue weighted by atomic mass is 35.5. The van der Waals surface area contributed by atoms with Gasteiger partial charge in [-0.05, 0) is 0 Å². The predicted octanol–water partition coefficient (Wildman–Crippen LogP) is 1.24. The van der Waals surface area contributed by atoms with Crippen molar-refractivity contribution in [1.82, 2.24) is 5.16 Å². The molecule has 0 aliphatic heterocycles. The van der Waals surface area contributed by atoms with Crippen LogP contribution in [0.4, 0.5) is 0 Å². The number of rotatable bonds is 4. The molecule has 0 saturated heterocycles. The normalized spacial score (nSPS) is 10.2. The van der Waals surface area contributed by atoms with Crippen molar-refractivity contribution in [3.63, 3.8) is 0 Å². The molecule has 0 N–H and O–H groups in total. The molecule has 0 unspecified atom stereocenters. The average Bonchev–Trinajstić information content (AvgIpc) is 2.52.